The van der Waals surface area contributed by atoms with Gasteiger partial charge in [-0.15, -0.1) is 10.2 Å². The average molecular weight is 305 g/mol. The highest BCUT2D eigenvalue weighted by Gasteiger charge is 2.23. The molecule has 0 atom stereocenters. The lowest BCUT2D eigenvalue weighted by Gasteiger charge is -2.24. The van der Waals surface area contributed by atoms with Gasteiger partial charge in [0.2, 0.25) is 0 Å². The summed E-state index contributed by atoms with van der Waals surface area (Å²) in [5.41, 5.74) is 0.958. The van der Waals surface area contributed by atoms with Gasteiger partial charge in [0.1, 0.15) is 5.82 Å². The lowest BCUT2D eigenvalue weighted by molar-refractivity contribution is -0.133. The topological polar surface area (TPSA) is 68.0 Å². The molecule has 0 radical (unpaired) electrons. The van der Waals surface area contributed by atoms with Crippen LogP contribution in [0.5, 0.6) is 0 Å². The van der Waals surface area contributed by atoms with Crippen molar-refractivity contribution in [2.24, 2.45) is 0 Å². The van der Waals surface area contributed by atoms with Gasteiger partial charge in [-0.3, -0.25) is 4.79 Å². The van der Waals surface area contributed by atoms with Gasteiger partial charge in [-0.1, -0.05) is 42.1 Å². The van der Waals surface area contributed by atoms with Gasteiger partial charge in [0, 0.05) is 12.0 Å². The van der Waals surface area contributed by atoms with Crippen LogP contribution < -0.4 is 0 Å². The third-order valence-corrected chi connectivity index (χ3v) is 3.81. The molecule has 0 saturated carbocycles. The van der Waals surface area contributed by atoms with Gasteiger partial charge < -0.3 is 9.67 Å². The van der Waals surface area contributed by atoms with Crippen molar-refractivity contribution in [3.05, 3.63) is 41.7 Å². The minimum atomic E-state index is -0.854. The number of carboxylic acids is 1. The van der Waals surface area contributed by atoms with Crippen LogP contribution in [0.15, 0.2) is 35.5 Å². The molecule has 1 heterocycles. The van der Waals surface area contributed by atoms with Crippen LogP contribution in [-0.2, 0) is 16.8 Å². The summed E-state index contributed by atoms with van der Waals surface area (Å²) in [5, 5.41) is 17.9. The molecule has 2 rings (SSSR count). The maximum absolute atomic E-state index is 10.8. The highest BCUT2D eigenvalue weighted by molar-refractivity contribution is 7.99. The lowest BCUT2D eigenvalue weighted by Crippen LogP contribution is -2.25. The molecule has 0 bridgehead atoms. The standard InChI is InChI=1S/C15H19N3O2S/c1-15(2,3)18-12(9-11-7-5-4-6-8-11)16-17-14(18)21-10-13(19)20/h4-8H,9-10H2,1-3H3,(H,19,20). The Morgan fingerprint density at radius 2 is 1.90 bits per heavy atom. The Hall–Kier alpha value is -1.82. The number of hydrogen-bond donors (Lipinski definition) is 1. The molecule has 1 aromatic heterocycles. The van der Waals surface area contributed by atoms with E-state index in [1.54, 1.807) is 0 Å². The van der Waals surface area contributed by atoms with Gasteiger partial charge in [0.25, 0.3) is 0 Å². The second-order valence-corrected chi connectivity index (χ2v) is 6.69. The van der Waals surface area contributed by atoms with E-state index in [4.69, 9.17) is 5.11 Å². The van der Waals surface area contributed by atoms with Crippen LogP contribution in [0.3, 0.4) is 0 Å². The van der Waals surface area contributed by atoms with Crippen LogP contribution in [-0.4, -0.2) is 31.6 Å². The molecule has 0 aliphatic heterocycles. The first-order chi connectivity index (χ1) is 9.88. The molecule has 0 spiro atoms. The zero-order valence-electron chi connectivity index (χ0n) is 12.4. The molecule has 1 N–H and O–H groups in total. The van der Waals surface area contributed by atoms with Crippen LogP contribution in [0.1, 0.15) is 32.2 Å². The van der Waals surface area contributed by atoms with Gasteiger partial charge in [0.05, 0.1) is 5.75 Å². The van der Waals surface area contributed by atoms with Crippen molar-refractivity contribution < 1.29 is 9.90 Å². The zero-order chi connectivity index (χ0) is 15.5. The number of carboxylic acid groups (broad SMARTS) is 1. The Morgan fingerprint density at radius 1 is 1.24 bits per heavy atom. The number of benzene rings is 1. The third-order valence-electron chi connectivity index (χ3n) is 2.90. The van der Waals surface area contributed by atoms with E-state index in [1.165, 1.54) is 11.8 Å². The first kappa shape index (κ1) is 15.6. The second-order valence-electron chi connectivity index (χ2n) is 5.75. The van der Waals surface area contributed by atoms with Crippen molar-refractivity contribution >= 4 is 17.7 Å². The first-order valence-corrected chi connectivity index (χ1v) is 7.70. The van der Waals surface area contributed by atoms with E-state index in [9.17, 15) is 4.79 Å². The monoisotopic (exact) mass is 305 g/mol. The highest BCUT2D eigenvalue weighted by Crippen LogP contribution is 2.26. The number of aromatic nitrogens is 3. The number of aliphatic carboxylic acids is 1. The van der Waals surface area contributed by atoms with E-state index < -0.39 is 5.97 Å². The summed E-state index contributed by atoms with van der Waals surface area (Å²) in [6.07, 6.45) is 0.679. The fourth-order valence-electron chi connectivity index (χ4n) is 2.09. The highest BCUT2D eigenvalue weighted by atomic mass is 32.2. The Kier molecular flexibility index (Phi) is 4.67. The van der Waals surface area contributed by atoms with E-state index in [1.807, 2.05) is 34.9 Å². The minimum Gasteiger partial charge on any atom is -0.481 e. The Balaban J connectivity index is 2.31. The summed E-state index contributed by atoms with van der Waals surface area (Å²) in [7, 11) is 0. The van der Waals surface area contributed by atoms with Crippen molar-refractivity contribution in [3.63, 3.8) is 0 Å². The van der Waals surface area contributed by atoms with Crippen molar-refractivity contribution in [2.45, 2.75) is 37.9 Å². The summed E-state index contributed by atoms with van der Waals surface area (Å²) >= 11 is 1.20. The summed E-state index contributed by atoms with van der Waals surface area (Å²) in [4.78, 5) is 10.8. The Labute approximate surface area is 128 Å². The zero-order valence-corrected chi connectivity index (χ0v) is 13.2. The molecule has 0 unspecified atom stereocenters. The van der Waals surface area contributed by atoms with Crippen LogP contribution in [0, 0.1) is 0 Å². The Bertz CT molecular complexity index is 618. The molecule has 21 heavy (non-hydrogen) atoms. The second kappa shape index (κ2) is 6.30. The summed E-state index contributed by atoms with van der Waals surface area (Å²) < 4.78 is 2.02. The predicted molar refractivity (Wildman–Crippen MR) is 82.6 cm³/mol. The van der Waals surface area contributed by atoms with Crippen molar-refractivity contribution in [1.82, 2.24) is 14.8 Å². The largest absolute Gasteiger partial charge is 0.481 e. The first-order valence-electron chi connectivity index (χ1n) is 6.71. The van der Waals surface area contributed by atoms with E-state index >= 15 is 0 Å². The molecule has 5 nitrogen and oxygen atoms in total. The molecule has 0 aliphatic carbocycles. The maximum atomic E-state index is 10.8. The number of carbonyl (C=O) groups is 1. The van der Waals surface area contributed by atoms with Crippen LogP contribution in [0.2, 0.25) is 0 Å². The van der Waals surface area contributed by atoms with Gasteiger partial charge >= 0.3 is 5.97 Å². The minimum absolute atomic E-state index is 0.0143. The summed E-state index contributed by atoms with van der Waals surface area (Å²) in [6, 6.07) is 10.1. The van der Waals surface area contributed by atoms with Crippen molar-refractivity contribution in [3.8, 4) is 0 Å². The van der Waals surface area contributed by atoms with Gasteiger partial charge in [0.15, 0.2) is 5.16 Å². The molecular formula is C15H19N3O2S. The van der Waals surface area contributed by atoms with Gasteiger partial charge in [-0.05, 0) is 26.3 Å². The quantitative estimate of drug-likeness (QED) is 0.860. The fourth-order valence-corrected chi connectivity index (χ4v) is 2.95. The van der Waals surface area contributed by atoms with Crippen LogP contribution >= 0.6 is 11.8 Å². The van der Waals surface area contributed by atoms with E-state index in [0.717, 1.165) is 11.4 Å². The van der Waals surface area contributed by atoms with E-state index in [2.05, 4.69) is 31.0 Å². The lowest BCUT2D eigenvalue weighted by atomic mass is 10.1. The molecule has 6 heteroatoms. The Morgan fingerprint density at radius 3 is 2.48 bits per heavy atom. The smallest absolute Gasteiger partial charge is 0.313 e. The molecule has 2 aromatic rings. The fraction of sp³-hybridized carbons (Fsp3) is 0.400. The van der Waals surface area contributed by atoms with Gasteiger partial charge in [-0.25, -0.2) is 0 Å². The molecule has 112 valence electrons. The van der Waals surface area contributed by atoms with Crippen molar-refractivity contribution in [1.29, 1.82) is 0 Å². The molecule has 0 aliphatic rings. The molecule has 0 amide bonds. The number of rotatable bonds is 5. The van der Waals surface area contributed by atoms with Crippen LogP contribution in [0.25, 0.3) is 0 Å². The summed E-state index contributed by atoms with van der Waals surface area (Å²) in [5.74, 6) is -0.0193. The number of nitrogens with zero attached hydrogens (tertiary/aromatic N) is 3. The number of hydrogen-bond acceptors (Lipinski definition) is 4. The summed E-state index contributed by atoms with van der Waals surface area (Å²) in [6.45, 7) is 6.20. The van der Waals surface area contributed by atoms with E-state index in [0.29, 0.717) is 11.6 Å². The third kappa shape index (κ3) is 4.07. The molecular weight excluding hydrogens is 286 g/mol. The van der Waals surface area contributed by atoms with Crippen molar-refractivity contribution in [2.75, 3.05) is 5.75 Å². The maximum Gasteiger partial charge on any atom is 0.313 e. The predicted octanol–water partition coefficient (Wildman–Crippen LogP) is 2.80. The molecule has 0 fully saturated rings. The van der Waals surface area contributed by atoms with E-state index in [-0.39, 0.29) is 11.3 Å². The number of thioether (sulfide) groups is 1. The molecule has 1 aromatic carbocycles. The normalized spacial score (nSPS) is 11.6. The average Bonchev–Trinajstić information content (AvgIpc) is 2.80. The molecule has 0 saturated heterocycles. The van der Waals surface area contributed by atoms with Gasteiger partial charge in [-0.2, -0.15) is 0 Å². The SMILES string of the molecule is CC(C)(C)n1c(Cc2ccccc2)nnc1SCC(=O)O. The van der Waals surface area contributed by atoms with Crippen LogP contribution in [0.4, 0.5) is 0 Å².